The number of hydrogen-bond donors (Lipinski definition) is 1. The molecule has 1 aliphatic rings. The van der Waals surface area contributed by atoms with Gasteiger partial charge < -0.3 is 5.32 Å². The number of aromatic nitrogens is 1. The maximum absolute atomic E-state index is 4.69. The van der Waals surface area contributed by atoms with Gasteiger partial charge in [-0.25, -0.2) is 4.98 Å². The molecule has 0 aliphatic heterocycles. The minimum atomic E-state index is 0.672. The van der Waals surface area contributed by atoms with Gasteiger partial charge in [0.1, 0.15) is 5.01 Å². The molecule has 0 saturated heterocycles. The number of nitrogens with zero attached hydrogens (tertiary/aromatic N) is 1. The first-order valence-corrected chi connectivity index (χ1v) is 8.10. The zero-order valence-electron chi connectivity index (χ0n) is 11.7. The lowest BCUT2D eigenvalue weighted by atomic mass is 9.80. The van der Waals surface area contributed by atoms with Crippen molar-refractivity contribution < 1.29 is 0 Å². The first kappa shape index (κ1) is 13.1. The van der Waals surface area contributed by atoms with Crippen LogP contribution in [0, 0.1) is 11.8 Å². The average molecular weight is 274 g/mol. The summed E-state index contributed by atoms with van der Waals surface area (Å²) in [5.41, 5.74) is 1.13. The Morgan fingerprint density at radius 1 is 1.16 bits per heavy atom. The minimum Gasteiger partial charge on any atom is -0.308 e. The summed E-state index contributed by atoms with van der Waals surface area (Å²) < 4.78 is 1.30. The summed E-state index contributed by atoms with van der Waals surface area (Å²) in [6.45, 7) is 5.67. The number of thiazole rings is 1. The van der Waals surface area contributed by atoms with Gasteiger partial charge in [0.25, 0.3) is 0 Å². The zero-order chi connectivity index (χ0) is 13.2. The highest BCUT2D eigenvalue weighted by atomic mass is 32.1. The maximum Gasteiger partial charge on any atom is 0.108 e. The van der Waals surface area contributed by atoms with Crippen LogP contribution in [0.5, 0.6) is 0 Å². The molecule has 1 aromatic heterocycles. The standard InChI is InChI=1S/C16H22N2S/c1-11-7-12(2)9-13(8-11)17-10-16-18-14-5-3-4-6-15(14)19-16/h3-6,11-13,17H,7-10H2,1-2H3. The van der Waals surface area contributed by atoms with Gasteiger partial charge in [0.05, 0.1) is 10.2 Å². The van der Waals surface area contributed by atoms with Crippen LogP contribution < -0.4 is 5.32 Å². The highest BCUT2D eigenvalue weighted by Crippen LogP contribution is 2.29. The Balaban J connectivity index is 1.62. The van der Waals surface area contributed by atoms with Gasteiger partial charge in [-0.05, 0) is 43.2 Å². The fourth-order valence-corrected chi connectivity index (χ4v) is 4.26. The van der Waals surface area contributed by atoms with E-state index in [1.54, 1.807) is 0 Å². The van der Waals surface area contributed by atoms with Gasteiger partial charge in [0, 0.05) is 12.6 Å². The lowest BCUT2D eigenvalue weighted by Gasteiger charge is -2.31. The zero-order valence-corrected chi connectivity index (χ0v) is 12.5. The monoisotopic (exact) mass is 274 g/mol. The van der Waals surface area contributed by atoms with Gasteiger partial charge in [-0.1, -0.05) is 26.0 Å². The second kappa shape index (κ2) is 5.59. The quantitative estimate of drug-likeness (QED) is 0.907. The number of rotatable bonds is 3. The van der Waals surface area contributed by atoms with E-state index in [9.17, 15) is 0 Å². The predicted octanol–water partition coefficient (Wildman–Crippen LogP) is 4.21. The van der Waals surface area contributed by atoms with Crippen molar-refractivity contribution in [2.24, 2.45) is 11.8 Å². The Morgan fingerprint density at radius 3 is 2.63 bits per heavy atom. The molecule has 2 atom stereocenters. The Hall–Kier alpha value is -0.930. The van der Waals surface area contributed by atoms with Crippen molar-refractivity contribution in [1.29, 1.82) is 0 Å². The molecule has 0 spiro atoms. The number of benzene rings is 1. The van der Waals surface area contributed by atoms with Crippen LogP contribution >= 0.6 is 11.3 Å². The van der Waals surface area contributed by atoms with Crippen LogP contribution in [0.3, 0.4) is 0 Å². The first-order chi connectivity index (χ1) is 9.20. The first-order valence-electron chi connectivity index (χ1n) is 7.28. The third-order valence-corrected chi connectivity index (χ3v) is 5.10. The Labute approximate surface area is 119 Å². The summed E-state index contributed by atoms with van der Waals surface area (Å²) in [5, 5.41) is 4.92. The highest BCUT2D eigenvalue weighted by Gasteiger charge is 2.23. The molecule has 1 saturated carbocycles. The van der Waals surface area contributed by atoms with Gasteiger partial charge in [-0.3, -0.25) is 0 Å². The molecule has 1 heterocycles. The molecular formula is C16H22N2S. The molecule has 3 heteroatoms. The van der Waals surface area contributed by atoms with Crippen molar-refractivity contribution in [3.05, 3.63) is 29.3 Å². The lowest BCUT2D eigenvalue weighted by Crippen LogP contribution is -2.35. The summed E-state index contributed by atoms with van der Waals surface area (Å²) in [5.74, 6) is 1.72. The molecule has 0 bridgehead atoms. The average Bonchev–Trinajstić information content (AvgIpc) is 2.78. The van der Waals surface area contributed by atoms with E-state index in [0.717, 1.165) is 23.9 Å². The summed E-state index contributed by atoms with van der Waals surface area (Å²) in [6.07, 6.45) is 4.02. The molecule has 1 aromatic carbocycles. The van der Waals surface area contributed by atoms with E-state index in [4.69, 9.17) is 4.98 Å². The molecule has 2 unspecified atom stereocenters. The van der Waals surface area contributed by atoms with Gasteiger partial charge in [-0.2, -0.15) is 0 Å². The Morgan fingerprint density at radius 2 is 1.89 bits per heavy atom. The van der Waals surface area contributed by atoms with Gasteiger partial charge in [0.15, 0.2) is 0 Å². The third-order valence-electron chi connectivity index (χ3n) is 4.06. The minimum absolute atomic E-state index is 0.672. The number of para-hydroxylation sites is 1. The van der Waals surface area contributed by atoms with Crippen LogP contribution in [0.1, 0.15) is 38.1 Å². The second-order valence-electron chi connectivity index (χ2n) is 6.07. The van der Waals surface area contributed by atoms with Crippen molar-refractivity contribution in [3.63, 3.8) is 0 Å². The van der Waals surface area contributed by atoms with E-state index in [2.05, 4.69) is 43.4 Å². The molecule has 2 nitrogen and oxygen atoms in total. The molecule has 1 N–H and O–H groups in total. The van der Waals surface area contributed by atoms with Crippen molar-refractivity contribution >= 4 is 21.6 Å². The van der Waals surface area contributed by atoms with Gasteiger partial charge >= 0.3 is 0 Å². The van der Waals surface area contributed by atoms with E-state index in [0.29, 0.717) is 6.04 Å². The van der Waals surface area contributed by atoms with E-state index in [-0.39, 0.29) is 0 Å². The SMILES string of the molecule is CC1CC(C)CC(NCc2nc3ccccc3s2)C1. The van der Waals surface area contributed by atoms with E-state index in [1.807, 2.05) is 11.3 Å². The molecule has 0 amide bonds. The highest BCUT2D eigenvalue weighted by molar-refractivity contribution is 7.18. The van der Waals surface area contributed by atoms with E-state index < -0.39 is 0 Å². The molecule has 2 aromatic rings. The summed E-state index contributed by atoms with van der Waals surface area (Å²) >= 11 is 1.81. The smallest absolute Gasteiger partial charge is 0.108 e. The fourth-order valence-electron chi connectivity index (χ4n) is 3.34. The summed E-state index contributed by atoms with van der Waals surface area (Å²) in [4.78, 5) is 4.69. The summed E-state index contributed by atoms with van der Waals surface area (Å²) in [7, 11) is 0. The number of hydrogen-bond acceptors (Lipinski definition) is 3. The van der Waals surface area contributed by atoms with Crippen molar-refractivity contribution in [2.75, 3.05) is 0 Å². The van der Waals surface area contributed by atoms with Crippen molar-refractivity contribution in [3.8, 4) is 0 Å². The van der Waals surface area contributed by atoms with Gasteiger partial charge in [0.2, 0.25) is 0 Å². The van der Waals surface area contributed by atoms with Crippen LogP contribution in [0.15, 0.2) is 24.3 Å². The molecule has 19 heavy (non-hydrogen) atoms. The van der Waals surface area contributed by atoms with Crippen LogP contribution in [0.4, 0.5) is 0 Å². The van der Waals surface area contributed by atoms with Crippen LogP contribution in [-0.2, 0) is 6.54 Å². The van der Waals surface area contributed by atoms with Crippen LogP contribution in [0.25, 0.3) is 10.2 Å². The molecular weight excluding hydrogens is 252 g/mol. The molecule has 0 radical (unpaired) electrons. The van der Waals surface area contributed by atoms with E-state index in [1.165, 1.54) is 29.0 Å². The molecule has 1 aliphatic carbocycles. The van der Waals surface area contributed by atoms with Crippen LogP contribution in [-0.4, -0.2) is 11.0 Å². The third kappa shape index (κ3) is 3.15. The van der Waals surface area contributed by atoms with Gasteiger partial charge in [-0.15, -0.1) is 11.3 Å². The number of fused-ring (bicyclic) bond motifs is 1. The number of nitrogens with one attached hydrogen (secondary N) is 1. The van der Waals surface area contributed by atoms with E-state index >= 15 is 0 Å². The Bertz CT molecular complexity index is 505. The van der Waals surface area contributed by atoms with Crippen molar-refractivity contribution in [2.45, 2.75) is 45.7 Å². The topological polar surface area (TPSA) is 24.9 Å². The lowest BCUT2D eigenvalue weighted by molar-refractivity contribution is 0.238. The maximum atomic E-state index is 4.69. The molecule has 3 rings (SSSR count). The Kier molecular flexibility index (Phi) is 3.85. The predicted molar refractivity (Wildman–Crippen MR) is 82.4 cm³/mol. The largest absolute Gasteiger partial charge is 0.308 e. The van der Waals surface area contributed by atoms with Crippen molar-refractivity contribution in [1.82, 2.24) is 10.3 Å². The normalized spacial score (nSPS) is 27.8. The fraction of sp³-hybridized carbons (Fsp3) is 0.562. The molecule has 1 fully saturated rings. The van der Waals surface area contributed by atoms with Crippen LogP contribution in [0.2, 0.25) is 0 Å². The second-order valence-corrected chi connectivity index (χ2v) is 7.19. The molecule has 102 valence electrons. The summed E-state index contributed by atoms with van der Waals surface area (Å²) in [6, 6.07) is 9.07.